The highest BCUT2D eigenvalue weighted by Crippen LogP contribution is 2.28. The van der Waals surface area contributed by atoms with Crippen LogP contribution < -0.4 is 20.9 Å². The fourth-order valence-electron chi connectivity index (χ4n) is 3.87. The average molecular weight is 536 g/mol. The first-order valence-corrected chi connectivity index (χ1v) is 12.7. The Balaban J connectivity index is 1.42. The number of amides is 1. The number of nitrogens with zero attached hydrogens (tertiary/aromatic N) is 7. The van der Waals surface area contributed by atoms with Gasteiger partial charge in [0.2, 0.25) is 11.9 Å². The molecule has 0 aliphatic carbocycles. The van der Waals surface area contributed by atoms with E-state index in [1.54, 1.807) is 19.9 Å². The quantitative estimate of drug-likeness (QED) is 0.229. The first-order chi connectivity index (χ1) is 18.5. The Bertz CT molecular complexity index is 1440. The summed E-state index contributed by atoms with van der Waals surface area (Å²) in [4.78, 5) is 40.2. The Hall–Kier alpha value is -4.66. The van der Waals surface area contributed by atoms with Crippen molar-refractivity contribution in [3.8, 4) is 11.4 Å². The van der Waals surface area contributed by atoms with Gasteiger partial charge in [0.15, 0.2) is 11.0 Å². The zero-order chi connectivity index (χ0) is 26.5. The minimum Gasteiger partial charge on any atom is -0.462 e. The number of H-pyrrole nitrogens is 1. The number of hydrogen-bond donors (Lipinski definition) is 4. The lowest BCUT2D eigenvalue weighted by Gasteiger charge is -2.28. The lowest BCUT2D eigenvalue weighted by atomic mass is 10.1. The van der Waals surface area contributed by atoms with Crippen LogP contribution in [0.5, 0.6) is 0 Å². The second kappa shape index (κ2) is 11.2. The predicted molar refractivity (Wildman–Crippen MR) is 140 cm³/mol. The number of esters is 1. The molecule has 1 aliphatic rings. The van der Waals surface area contributed by atoms with E-state index in [4.69, 9.17) is 4.74 Å². The van der Waals surface area contributed by atoms with Crippen molar-refractivity contribution in [3.63, 3.8) is 0 Å². The highest BCUT2D eigenvalue weighted by molar-refractivity contribution is 7.17. The topological polar surface area (TPSA) is 176 Å². The maximum absolute atomic E-state index is 12.2. The van der Waals surface area contributed by atoms with E-state index in [0.29, 0.717) is 52.8 Å². The van der Waals surface area contributed by atoms with Crippen molar-refractivity contribution in [1.29, 1.82) is 0 Å². The highest BCUT2D eigenvalue weighted by Gasteiger charge is 2.21. The summed E-state index contributed by atoms with van der Waals surface area (Å²) in [6.45, 7) is 5.50. The molecule has 0 atom stereocenters. The predicted octanol–water partition coefficient (Wildman–Crippen LogP) is 1.89. The number of aromatic amines is 1. The van der Waals surface area contributed by atoms with Crippen molar-refractivity contribution >= 4 is 45.9 Å². The lowest BCUT2D eigenvalue weighted by molar-refractivity contribution is -0.120. The van der Waals surface area contributed by atoms with Gasteiger partial charge in [-0.25, -0.2) is 14.9 Å². The van der Waals surface area contributed by atoms with Crippen molar-refractivity contribution < 1.29 is 14.3 Å². The molecule has 0 spiro atoms. The van der Waals surface area contributed by atoms with Crippen LogP contribution in [-0.2, 0) is 16.1 Å². The van der Waals surface area contributed by atoms with Crippen LogP contribution in [0.1, 0.15) is 27.9 Å². The van der Waals surface area contributed by atoms with Gasteiger partial charge in [0.25, 0.3) is 0 Å². The summed E-state index contributed by atoms with van der Waals surface area (Å²) >= 11 is 1.16. The number of nitrogens with one attached hydrogen (secondary N) is 4. The van der Waals surface area contributed by atoms with Crippen LogP contribution in [-0.4, -0.2) is 73.7 Å². The van der Waals surface area contributed by atoms with Crippen LogP contribution in [0.15, 0.2) is 30.3 Å². The van der Waals surface area contributed by atoms with Gasteiger partial charge in [-0.3, -0.25) is 10.1 Å². The summed E-state index contributed by atoms with van der Waals surface area (Å²) in [7, 11) is 0. The molecule has 1 amide bonds. The van der Waals surface area contributed by atoms with Gasteiger partial charge in [0.1, 0.15) is 16.5 Å². The van der Waals surface area contributed by atoms with Crippen molar-refractivity contribution in [1.82, 2.24) is 40.9 Å². The van der Waals surface area contributed by atoms with Crippen LogP contribution in [0.4, 0.5) is 22.7 Å². The molecule has 4 heterocycles. The molecule has 4 aromatic rings. The van der Waals surface area contributed by atoms with Crippen molar-refractivity contribution in [2.45, 2.75) is 20.4 Å². The van der Waals surface area contributed by atoms with Gasteiger partial charge in [-0.2, -0.15) is 9.97 Å². The number of tetrazole rings is 1. The van der Waals surface area contributed by atoms with Crippen LogP contribution in [0.3, 0.4) is 0 Å². The Morgan fingerprint density at radius 2 is 2.11 bits per heavy atom. The number of aromatic nitrogens is 7. The molecule has 5 rings (SSSR count). The Kier molecular flexibility index (Phi) is 7.35. The molecule has 1 fully saturated rings. The number of ether oxygens (including phenoxy) is 1. The van der Waals surface area contributed by atoms with E-state index in [1.165, 1.54) is 0 Å². The van der Waals surface area contributed by atoms with Crippen LogP contribution in [0, 0.1) is 6.92 Å². The molecule has 1 aliphatic heterocycles. The minimum atomic E-state index is -0.424. The molecular formula is C23H25N11O3S. The van der Waals surface area contributed by atoms with Gasteiger partial charge in [-0.05, 0) is 29.8 Å². The standard InChI is InChI=1S/C23H25N11O3S/c1-3-37-21(36)19-13(2)26-23(38-19)29-22-27-16(10-17(28-22)34-9-8-24-18(35)12-34)25-11-14-6-4-5-7-15(14)20-30-32-33-31-20/h4-7,10H,3,8-9,11-12H2,1-2H3,(H,24,35)(H,30,31,32,33)(H2,25,26,27,28,29). The van der Waals surface area contributed by atoms with Crippen LogP contribution in [0.2, 0.25) is 0 Å². The smallest absolute Gasteiger partial charge is 0.350 e. The first-order valence-electron chi connectivity index (χ1n) is 11.9. The third-order valence-electron chi connectivity index (χ3n) is 5.63. The van der Waals surface area contributed by atoms with E-state index in [9.17, 15) is 9.59 Å². The number of anilines is 4. The molecule has 14 nitrogen and oxygen atoms in total. The van der Waals surface area contributed by atoms with E-state index >= 15 is 0 Å². The summed E-state index contributed by atoms with van der Waals surface area (Å²) in [6, 6.07) is 9.53. The number of piperazine rings is 1. The number of aryl methyl sites for hydroxylation is 1. The third-order valence-corrected chi connectivity index (χ3v) is 6.68. The molecule has 4 N–H and O–H groups in total. The zero-order valence-corrected chi connectivity index (χ0v) is 21.5. The largest absolute Gasteiger partial charge is 0.462 e. The molecule has 0 unspecified atom stereocenters. The maximum atomic E-state index is 12.2. The number of carbonyl (C=O) groups is 2. The Labute approximate surface area is 221 Å². The van der Waals surface area contributed by atoms with E-state index in [2.05, 4.69) is 51.5 Å². The summed E-state index contributed by atoms with van der Waals surface area (Å²) in [6.07, 6.45) is 0. The lowest BCUT2D eigenvalue weighted by Crippen LogP contribution is -2.48. The summed E-state index contributed by atoms with van der Waals surface area (Å²) in [5.74, 6) is 1.44. The minimum absolute atomic E-state index is 0.0805. The monoisotopic (exact) mass is 535 g/mol. The molecule has 1 aromatic carbocycles. The second-order valence-electron chi connectivity index (χ2n) is 8.25. The number of thiazole rings is 1. The molecule has 3 aromatic heterocycles. The van der Waals surface area contributed by atoms with Crippen molar-refractivity contribution in [2.75, 3.05) is 41.8 Å². The van der Waals surface area contributed by atoms with Gasteiger partial charge in [-0.1, -0.05) is 35.6 Å². The van der Waals surface area contributed by atoms with Gasteiger partial charge in [0.05, 0.1) is 18.8 Å². The Morgan fingerprint density at radius 1 is 1.24 bits per heavy atom. The van der Waals surface area contributed by atoms with Crippen molar-refractivity contribution in [2.24, 2.45) is 0 Å². The molecular weight excluding hydrogens is 510 g/mol. The van der Waals surface area contributed by atoms with Gasteiger partial charge >= 0.3 is 5.97 Å². The van der Waals surface area contributed by atoms with Crippen molar-refractivity contribution in [3.05, 3.63) is 46.5 Å². The SMILES string of the molecule is CCOC(=O)c1sc(Nc2nc(NCc3ccccc3-c3nnn[nH]3)cc(N3CCNC(=O)C3)n2)nc1C. The van der Waals surface area contributed by atoms with Gasteiger partial charge < -0.3 is 20.3 Å². The first kappa shape index (κ1) is 25.0. The number of hydrogen-bond acceptors (Lipinski definition) is 13. The van der Waals surface area contributed by atoms with Gasteiger partial charge in [-0.15, -0.1) is 5.10 Å². The average Bonchev–Trinajstić information content (AvgIpc) is 3.58. The number of carbonyl (C=O) groups excluding carboxylic acids is 2. The summed E-state index contributed by atoms with van der Waals surface area (Å²) in [5, 5.41) is 23.9. The van der Waals surface area contributed by atoms with E-state index in [0.717, 1.165) is 22.5 Å². The molecule has 38 heavy (non-hydrogen) atoms. The zero-order valence-electron chi connectivity index (χ0n) is 20.7. The molecule has 0 saturated carbocycles. The van der Waals surface area contributed by atoms with E-state index in [1.807, 2.05) is 29.2 Å². The molecule has 0 radical (unpaired) electrons. The maximum Gasteiger partial charge on any atom is 0.350 e. The fourth-order valence-corrected chi connectivity index (χ4v) is 4.73. The number of benzene rings is 1. The van der Waals surface area contributed by atoms with E-state index in [-0.39, 0.29) is 25.0 Å². The van der Waals surface area contributed by atoms with Crippen LogP contribution >= 0.6 is 11.3 Å². The Morgan fingerprint density at radius 3 is 2.89 bits per heavy atom. The third kappa shape index (κ3) is 5.67. The molecule has 0 bridgehead atoms. The highest BCUT2D eigenvalue weighted by atomic mass is 32.1. The fraction of sp³-hybridized carbons (Fsp3) is 0.304. The van der Waals surface area contributed by atoms with Gasteiger partial charge in [0, 0.05) is 31.3 Å². The summed E-state index contributed by atoms with van der Waals surface area (Å²) < 4.78 is 5.11. The molecule has 15 heteroatoms. The molecule has 196 valence electrons. The van der Waals surface area contributed by atoms with Crippen LogP contribution in [0.25, 0.3) is 11.4 Å². The summed E-state index contributed by atoms with van der Waals surface area (Å²) in [5.41, 5.74) is 2.36. The number of rotatable bonds is 9. The molecule has 1 saturated heterocycles. The van der Waals surface area contributed by atoms with E-state index < -0.39 is 5.97 Å². The normalized spacial score (nSPS) is 13.2. The second-order valence-corrected chi connectivity index (χ2v) is 9.25.